The van der Waals surface area contributed by atoms with Crippen LogP contribution < -0.4 is 4.74 Å². The van der Waals surface area contributed by atoms with Gasteiger partial charge in [0.25, 0.3) is 5.91 Å². The molecule has 3 aromatic rings. The molecule has 2 aromatic carbocycles. The lowest BCUT2D eigenvalue weighted by atomic mass is 10.1. The van der Waals surface area contributed by atoms with Crippen LogP contribution in [0, 0.1) is 0 Å². The number of aromatic nitrogens is 1. The van der Waals surface area contributed by atoms with Gasteiger partial charge in [-0.3, -0.25) is 9.36 Å². The summed E-state index contributed by atoms with van der Waals surface area (Å²) in [5.74, 6) is 0.714. The third-order valence-electron chi connectivity index (χ3n) is 4.75. The van der Waals surface area contributed by atoms with Crippen molar-refractivity contribution in [2.75, 3.05) is 6.61 Å². The smallest absolute Gasteiger partial charge is 0.262 e. The zero-order chi connectivity index (χ0) is 19.2. The number of benzene rings is 2. The molecule has 0 spiro atoms. The van der Waals surface area contributed by atoms with Crippen molar-refractivity contribution in [1.29, 1.82) is 0 Å². The Morgan fingerprint density at radius 3 is 2.56 bits per heavy atom. The van der Waals surface area contributed by atoms with Crippen LogP contribution in [0.1, 0.15) is 48.3 Å². The maximum absolute atomic E-state index is 13.2. The Morgan fingerprint density at radius 1 is 1.11 bits per heavy atom. The number of ether oxygens (including phenoxy) is 1. The predicted molar refractivity (Wildman–Crippen MR) is 108 cm³/mol. The second-order valence-corrected chi connectivity index (χ2v) is 6.58. The van der Waals surface area contributed by atoms with E-state index in [0.717, 1.165) is 53.5 Å². The van der Waals surface area contributed by atoms with Crippen LogP contribution in [0.15, 0.2) is 48.5 Å². The molecule has 3 rings (SSSR count). The highest BCUT2D eigenvalue weighted by molar-refractivity contribution is 6.03. The number of rotatable bonds is 8. The normalized spacial score (nSPS) is 10.9. The summed E-state index contributed by atoms with van der Waals surface area (Å²) in [6.45, 7) is 4.84. The number of aryl methyl sites for hydroxylation is 1. The highest BCUT2D eigenvalue weighted by atomic mass is 16.5. The minimum atomic E-state index is -0.0646. The minimum Gasteiger partial charge on any atom is -0.494 e. The summed E-state index contributed by atoms with van der Waals surface area (Å²) in [4.78, 5) is 24.2. The van der Waals surface area contributed by atoms with E-state index in [-0.39, 0.29) is 5.91 Å². The molecule has 0 unspecified atom stereocenters. The Labute approximate surface area is 159 Å². The third-order valence-corrected chi connectivity index (χ3v) is 4.75. The van der Waals surface area contributed by atoms with Crippen LogP contribution in [0.4, 0.5) is 0 Å². The van der Waals surface area contributed by atoms with Crippen molar-refractivity contribution >= 4 is 23.1 Å². The van der Waals surface area contributed by atoms with Gasteiger partial charge in [0.1, 0.15) is 12.0 Å². The molecular formula is C23H25NO3. The average molecular weight is 363 g/mol. The van der Waals surface area contributed by atoms with Crippen LogP contribution in [-0.2, 0) is 17.6 Å². The molecule has 0 aliphatic heterocycles. The van der Waals surface area contributed by atoms with Crippen molar-refractivity contribution in [3.05, 3.63) is 65.4 Å². The van der Waals surface area contributed by atoms with Gasteiger partial charge in [-0.1, -0.05) is 32.4 Å². The zero-order valence-corrected chi connectivity index (χ0v) is 15.9. The van der Waals surface area contributed by atoms with E-state index in [1.165, 1.54) is 0 Å². The summed E-state index contributed by atoms with van der Waals surface area (Å²) in [6, 6.07) is 15.1. The number of nitrogens with zero attached hydrogens (tertiary/aromatic N) is 1. The summed E-state index contributed by atoms with van der Waals surface area (Å²) in [6.07, 6.45) is 4.08. The lowest BCUT2D eigenvalue weighted by molar-refractivity contribution is -0.107. The molecule has 0 aliphatic carbocycles. The van der Waals surface area contributed by atoms with Crippen LogP contribution in [0.5, 0.6) is 5.75 Å². The van der Waals surface area contributed by atoms with E-state index in [9.17, 15) is 9.59 Å². The highest BCUT2D eigenvalue weighted by Crippen LogP contribution is 2.26. The average Bonchev–Trinajstić information content (AvgIpc) is 3.08. The Balaban J connectivity index is 1.95. The van der Waals surface area contributed by atoms with Crippen LogP contribution in [0.25, 0.3) is 10.9 Å². The highest BCUT2D eigenvalue weighted by Gasteiger charge is 2.17. The molecule has 0 bridgehead atoms. The van der Waals surface area contributed by atoms with Crippen molar-refractivity contribution in [2.24, 2.45) is 0 Å². The van der Waals surface area contributed by atoms with E-state index in [4.69, 9.17) is 4.74 Å². The molecule has 0 atom stereocenters. The van der Waals surface area contributed by atoms with E-state index in [1.54, 1.807) is 4.57 Å². The van der Waals surface area contributed by atoms with Gasteiger partial charge in [-0.25, -0.2) is 0 Å². The minimum absolute atomic E-state index is 0.0646. The van der Waals surface area contributed by atoms with Gasteiger partial charge in [0.2, 0.25) is 0 Å². The van der Waals surface area contributed by atoms with Gasteiger partial charge in [0.05, 0.1) is 12.1 Å². The molecular weight excluding hydrogens is 338 g/mol. The van der Waals surface area contributed by atoms with Crippen molar-refractivity contribution in [1.82, 2.24) is 4.57 Å². The van der Waals surface area contributed by atoms with Crippen LogP contribution in [0.2, 0.25) is 0 Å². The summed E-state index contributed by atoms with van der Waals surface area (Å²) in [7, 11) is 0. The number of carbonyl (C=O) groups is 2. The van der Waals surface area contributed by atoms with E-state index in [2.05, 4.69) is 6.92 Å². The van der Waals surface area contributed by atoms with Gasteiger partial charge >= 0.3 is 0 Å². The zero-order valence-electron chi connectivity index (χ0n) is 15.9. The first-order valence-electron chi connectivity index (χ1n) is 9.53. The third kappa shape index (κ3) is 3.95. The van der Waals surface area contributed by atoms with Crippen molar-refractivity contribution in [3.63, 3.8) is 0 Å². The first-order chi connectivity index (χ1) is 13.2. The Morgan fingerprint density at radius 2 is 1.89 bits per heavy atom. The second kappa shape index (κ2) is 8.67. The van der Waals surface area contributed by atoms with Crippen LogP contribution in [0.3, 0.4) is 0 Å². The monoisotopic (exact) mass is 363 g/mol. The van der Waals surface area contributed by atoms with Crippen molar-refractivity contribution in [3.8, 4) is 5.75 Å². The number of aldehydes is 1. The molecule has 27 heavy (non-hydrogen) atoms. The Bertz CT molecular complexity index is 938. The predicted octanol–water partition coefficient (Wildman–Crippen LogP) is 4.81. The van der Waals surface area contributed by atoms with E-state index < -0.39 is 0 Å². The number of hydrogen-bond acceptors (Lipinski definition) is 3. The maximum atomic E-state index is 13.2. The van der Waals surface area contributed by atoms with E-state index in [1.807, 2.05) is 55.5 Å². The first-order valence-corrected chi connectivity index (χ1v) is 9.53. The summed E-state index contributed by atoms with van der Waals surface area (Å²) in [5.41, 5.74) is 3.35. The Kier molecular flexibility index (Phi) is 6.07. The lowest BCUT2D eigenvalue weighted by Gasteiger charge is -2.10. The summed E-state index contributed by atoms with van der Waals surface area (Å²) < 4.78 is 7.44. The molecule has 0 radical (unpaired) electrons. The largest absolute Gasteiger partial charge is 0.494 e. The quantitative estimate of drug-likeness (QED) is 0.426. The van der Waals surface area contributed by atoms with E-state index >= 15 is 0 Å². The molecule has 0 saturated carbocycles. The van der Waals surface area contributed by atoms with E-state index in [0.29, 0.717) is 18.6 Å². The number of unbranched alkanes of at least 4 members (excludes halogenated alkanes) is 1. The fourth-order valence-electron chi connectivity index (χ4n) is 3.27. The fourth-order valence-corrected chi connectivity index (χ4v) is 3.27. The Hall–Kier alpha value is -2.88. The molecule has 0 aliphatic rings. The summed E-state index contributed by atoms with van der Waals surface area (Å²) in [5, 5.41) is 0.967. The van der Waals surface area contributed by atoms with Gasteiger partial charge in [0.15, 0.2) is 0 Å². The van der Waals surface area contributed by atoms with Gasteiger partial charge in [-0.15, -0.1) is 0 Å². The first kappa shape index (κ1) is 18.9. The number of carbonyl (C=O) groups excluding carboxylic acids is 2. The summed E-state index contributed by atoms with van der Waals surface area (Å²) >= 11 is 0. The molecule has 0 saturated heterocycles. The molecule has 140 valence electrons. The number of fused-ring (bicyclic) bond motifs is 1. The topological polar surface area (TPSA) is 48.3 Å². The lowest BCUT2D eigenvalue weighted by Crippen LogP contribution is -2.14. The molecule has 0 N–H and O–H groups in total. The SMILES string of the molecule is CCCCOc1ccc(C(=O)n2c(CC)cc3c(CC=O)cccc32)cc1. The molecule has 0 amide bonds. The number of hydrogen-bond donors (Lipinski definition) is 0. The molecule has 0 fully saturated rings. The van der Waals surface area contributed by atoms with Gasteiger partial charge in [-0.05, 0) is 54.8 Å². The maximum Gasteiger partial charge on any atom is 0.262 e. The fraction of sp³-hybridized carbons (Fsp3) is 0.304. The standard InChI is InChI=1S/C23H25NO3/c1-3-5-15-27-20-11-9-18(10-12-20)23(26)24-19(4-2)16-21-17(13-14-25)7-6-8-22(21)24/h6-12,14,16H,3-5,13,15H2,1-2H3. The van der Waals surface area contributed by atoms with Crippen LogP contribution in [-0.4, -0.2) is 23.4 Å². The van der Waals surface area contributed by atoms with Gasteiger partial charge < -0.3 is 9.53 Å². The van der Waals surface area contributed by atoms with Crippen LogP contribution >= 0.6 is 0 Å². The molecule has 4 heteroatoms. The molecule has 4 nitrogen and oxygen atoms in total. The molecule has 1 heterocycles. The van der Waals surface area contributed by atoms with Crippen molar-refractivity contribution in [2.45, 2.75) is 39.5 Å². The second-order valence-electron chi connectivity index (χ2n) is 6.58. The molecule has 1 aromatic heterocycles. The van der Waals surface area contributed by atoms with Crippen molar-refractivity contribution < 1.29 is 14.3 Å². The van der Waals surface area contributed by atoms with Gasteiger partial charge in [-0.2, -0.15) is 0 Å². The van der Waals surface area contributed by atoms with Gasteiger partial charge in [0, 0.05) is 23.1 Å².